The number of rotatable bonds is 6. The number of thiophene rings is 1. The molecule has 0 spiro atoms. The Labute approximate surface area is 121 Å². The van der Waals surface area contributed by atoms with Crippen LogP contribution in [0.1, 0.15) is 18.9 Å². The van der Waals surface area contributed by atoms with Gasteiger partial charge in [-0.2, -0.15) is 11.3 Å². The predicted molar refractivity (Wildman–Crippen MR) is 83.4 cm³/mol. The Morgan fingerprint density at radius 2 is 2.30 bits per heavy atom. The molecule has 0 atom stereocenters. The molecular formula is C14H17N5S. The van der Waals surface area contributed by atoms with Crippen molar-refractivity contribution >= 4 is 28.6 Å². The van der Waals surface area contributed by atoms with Crippen molar-refractivity contribution in [3.8, 4) is 0 Å². The zero-order valence-electron chi connectivity index (χ0n) is 11.3. The second-order valence-corrected chi connectivity index (χ2v) is 5.32. The molecule has 0 unspecified atom stereocenters. The summed E-state index contributed by atoms with van der Waals surface area (Å²) in [5.41, 5.74) is 2.11. The van der Waals surface area contributed by atoms with Crippen molar-refractivity contribution in [2.24, 2.45) is 0 Å². The molecule has 0 amide bonds. The van der Waals surface area contributed by atoms with Crippen LogP contribution in [0.15, 0.2) is 35.4 Å². The summed E-state index contributed by atoms with van der Waals surface area (Å²) in [6.45, 7) is 3.81. The van der Waals surface area contributed by atoms with Gasteiger partial charge in [0.05, 0.1) is 6.20 Å². The van der Waals surface area contributed by atoms with Gasteiger partial charge in [-0.05, 0) is 28.8 Å². The van der Waals surface area contributed by atoms with Crippen LogP contribution in [-0.2, 0) is 6.54 Å². The largest absolute Gasteiger partial charge is 0.369 e. The van der Waals surface area contributed by atoms with Gasteiger partial charge in [0.15, 0.2) is 11.5 Å². The van der Waals surface area contributed by atoms with E-state index in [0.717, 1.165) is 36.8 Å². The van der Waals surface area contributed by atoms with Crippen LogP contribution in [0.3, 0.4) is 0 Å². The zero-order chi connectivity index (χ0) is 13.8. The number of nitrogens with one attached hydrogen (secondary N) is 2. The third-order valence-electron chi connectivity index (χ3n) is 2.97. The Bertz CT molecular complexity index is 674. The van der Waals surface area contributed by atoms with Gasteiger partial charge in [-0.3, -0.25) is 0 Å². The first-order valence-corrected chi connectivity index (χ1v) is 7.63. The summed E-state index contributed by atoms with van der Waals surface area (Å²) in [6.07, 6.45) is 6.76. The summed E-state index contributed by atoms with van der Waals surface area (Å²) in [7, 11) is 0. The molecule has 0 aliphatic rings. The van der Waals surface area contributed by atoms with Crippen LogP contribution < -0.4 is 10.6 Å². The van der Waals surface area contributed by atoms with Gasteiger partial charge in [0.1, 0.15) is 5.82 Å². The van der Waals surface area contributed by atoms with Crippen molar-refractivity contribution in [1.29, 1.82) is 0 Å². The molecule has 104 valence electrons. The van der Waals surface area contributed by atoms with Gasteiger partial charge in [0, 0.05) is 25.5 Å². The molecule has 5 nitrogen and oxygen atoms in total. The average Bonchev–Trinajstić information content (AvgIpc) is 3.13. The third-order valence-corrected chi connectivity index (χ3v) is 3.70. The summed E-state index contributed by atoms with van der Waals surface area (Å²) in [5, 5.41) is 10.9. The molecule has 3 rings (SSSR count). The predicted octanol–water partition coefficient (Wildman–Crippen LogP) is 3.22. The highest BCUT2D eigenvalue weighted by Crippen LogP contribution is 2.17. The van der Waals surface area contributed by atoms with Gasteiger partial charge in [0.25, 0.3) is 0 Å². The maximum Gasteiger partial charge on any atom is 0.180 e. The Morgan fingerprint density at radius 1 is 1.35 bits per heavy atom. The Morgan fingerprint density at radius 3 is 3.10 bits per heavy atom. The Balaban J connectivity index is 1.85. The Hall–Kier alpha value is -2.08. The number of imidazole rings is 1. The molecule has 0 radical (unpaired) electrons. The molecule has 0 fully saturated rings. The van der Waals surface area contributed by atoms with Crippen LogP contribution >= 0.6 is 11.3 Å². The summed E-state index contributed by atoms with van der Waals surface area (Å²) in [5.74, 6) is 1.67. The molecule has 0 bridgehead atoms. The number of hydrogen-bond donors (Lipinski definition) is 2. The molecule has 3 aromatic rings. The molecule has 6 heteroatoms. The van der Waals surface area contributed by atoms with Crippen LogP contribution in [0.4, 0.5) is 11.6 Å². The molecule has 3 aromatic heterocycles. The van der Waals surface area contributed by atoms with Gasteiger partial charge in [-0.1, -0.05) is 6.92 Å². The minimum Gasteiger partial charge on any atom is -0.369 e. The lowest BCUT2D eigenvalue weighted by Gasteiger charge is -2.10. The van der Waals surface area contributed by atoms with Crippen molar-refractivity contribution in [3.63, 3.8) is 0 Å². The second-order valence-electron chi connectivity index (χ2n) is 4.54. The van der Waals surface area contributed by atoms with E-state index < -0.39 is 0 Å². The number of aromatic nitrogens is 3. The molecule has 2 N–H and O–H groups in total. The van der Waals surface area contributed by atoms with Gasteiger partial charge >= 0.3 is 0 Å². The first-order valence-electron chi connectivity index (χ1n) is 6.69. The lowest BCUT2D eigenvalue weighted by molar-refractivity contribution is 0.959. The summed E-state index contributed by atoms with van der Waals surface area (Å²) >= 11 is 1.70. The van der Waals surface area contributed by atoms with Crippen LogP contribution in [0.2, 0.25) is 0 Å². The maximum atomic E-state index is 4.61. The molecule has 20 heavy (non-hydrogen) atoms. The number of fused-ring (bicyclic) bond motifs is 1. The van der Waals surface area contributed by atoms with E-state index in [1.807, 2.05) is 16.8 Å². The van der Waals surface area contributed by atoms with E-state index in [1.165, 1.54) is 5.56 Å². The van der Waals surface area contributed by atoms with Gasteiger partial charge in [-0.15, -0.1) is 0 Å². The van der Waals surface area contributed by atoms with Gasteiger partial charge < -0.3 is 15.0 Å². The molecule has 0 aliphatic heterocycles. The minimum atomic E-state index is 0.760. The van der Waals surface area contributed by atoms with Gasteiger partial charge in [0.2, 0.25) is 0 Å². The first kappa shape index (κ1) is 12.9. The highest BCUT2D eigenvalue weighted by atomic mass is 32.1. The highest BCUT2D eigenvalue weighted by molar-refractivity contribution is 7.07. The van der Waals surface area contributed by atoms with E-state index >= 15 is 0 Å². The molecule has 3 heterocycles. The van der Waals surface area contributed by atoms with Crippen molar-refractivity contribution in [2.75, 3.05) is 17.2 Å². The third kappa shape index (κ3) is 2.75. The second kappa shape index (κ2) is 5.92. The number of hydrogen-bond acceptors (Lipinski definition) is 5. The van der Waals surface area contributed by atoms with E-state index in [-0.39, 0.29) is 0 Å². The molecular weight excluding hydrogens is 270 g/mol. The number of nitrogens with zero attached hydrogens (tertiary/aromatic N) is 3. The van der Waals surface area contributed by atoms with Crippen molar-refractivity contribution in [3.05, 3.63) is 41.0 Å². The number of anilines is 2. The zero-order valence-corrected chi connectivity index (χ0v) is 12.2. The molecule has 0 saturated heterocycles. The molecule has 0 aliphatic carbocycles. The van der Waals surface area contributed by atoms with E-state index in [9.17, 15) is 0 Å². The van der Waals surface area contributed by atoms with Crippen molar-refractivity contribution in [1.82, 2.24) is 14.4 Å². The topological polar surface area (TPSA) is 54.2 Å². The fraction of sp³-hybridized carbons (Fsp3) is 0.286. The van der Waals surface area contributed by atoms with Crippen LogP contribution in [0.25, 0.3) is 5.65 Å². The maximum absolute atomic E-state index is 4.61. The summed E-state index contributed by atoms with van der Waals surface area (Å²) < 4.78 is 1.99. The fourth-order valence-corrected chi connectivity index (χ4v) is 2.64. The van der Waals surface area contributed by atoms with Crippen LogP contribution in [0, 0.1) is 0 Å². The smallest absolute Gasteiger partial charge is 0.180 e. The van der Waals surface area contributed by atoms with E-state index in [4.69, 9.17) is 0 Å². The minimum absolute atomic E-state index is 0.760. The molecule has 0 saturated carbocycles. The average molecular weight is 287 g/mol. The fourth-order valence-electron chi connectivity index (χ4n) is 1.97. The molecule has 0 aromatic carbocycles. The van der Waals surface area contributed by atoms with E-state index in [1.54, 1.807) is 17.5 Å². The Kier molecular flexibility index (Phi) is 3.83. The standard InChI is InChI=1S/C14H17N5S/c1-2-4-15-12-9-19-6-5-16-14(19)13(18-12)17-8-11-3-7-20-10-11/h3,5-7,9-10,15H,2,4,8H2,1H3,(H,17,18). The van der Waals surface area contributed by atoms with Crippen LogP contribution in [-0.4, -0.2) is 20.9 Å². The van der Waals surface area contributed by atoms with Gasteiger partial charge in [-0.25, -0.2) is 9.97 Å². The highest BCUT2D eigenvalue weighted by Gasteiger charge is 2.07. The van der Waals surface area contributed by atoms with E-state index in [2.05, 4.69) is 44.4 Å². The monoisotopic (exact) mass is 287 g/mol. The van der Waals surface area contributed by atoms with Crippen molar-refractivity contribution in [2.45, 2.75) is 19.9 Å². The lowest BCUT2D eigenvalue weighted by atomic mass is 10.3. The first-order chi connectivity index (χ1) is 9.86. The van der Waals surface area contributed by atoms with E-state index in [0.29, 0.717) is 0 Å². The van der Waals surface area contributed by atoms with Crippen LogP contribution in [0.5, 0.6) is 0 Å². The SMILES string of the molecule is CCCNc1cn2ccnc2c(NCc2ccsc2)n1. The quantitative estimate of drug-likeness (QED) is 0.731. The summed E-state index contributed by atoms with van der Waals surface area (Å²) in [4.78, 5) is 8.96. The normalized spacial score (nSPS) is 10.8. The lowest BCUT2D eigenvalue weighted by Crippen LogP contribution is -2.08. The van der Waals surface area contributed by atoms with Crippen molar-refractivity contribution < 1.29 is 0 Å². The summed E-state index contributed by atoms with van der Waals surface area (Å²) in [6, 6.07) is 2.11.